The summed E-state index contributed by atoms with van der Waals surface area (Å²) in [6, 6.07) is 0. The van der Waals surface area contributed by atoms with Gasteiger partial charge in [0.25, 0.3) is 5.92 Å². The molecular weight excluding hydrogens is 234 g/mol. The molecule has 0 heterocycles. The van der Waals surface area contributed by atoms with E-state index in [2.05, 4.69) is 9.47 Å². The molecule has 2 atom stereocenters. The van der Waals surface area contributed by atoms with Crippen molar-refractivity contribution in [1.29, 1.82) is 0 Å². The van der Waals surface area contributed by atoms with Crippen LogP contribution in [0, 0.1) is 11.8 Å². The minimum absolute atomic E-state index is 0.0257. The van der Waals surface area contributed by atoms with Gasteiger partial charge in [0.1, 0.15) is 0 Å². The Bertz CT molecular complexity index is 378. The normalized spacial score (nSPS) is 29.4. The van der Waals surface area contributed by atoms with Crippen LogP contribution in [-0.4, -0.2) is 32.1 Å². The summed E-state index contributed by atoms with van der Waals surface area (Å²) in [5.74, 6) is -5.93. The van der Waals surface area contributed by atoms with Gasteiger partial charge in [-0.2, -0.15) is 0 Å². The van der Waals surface area contributed by atoms with Crippen molar-refractivity contribution in [2.24, 2.45) is 11.8 Å². The summed E-state index contributed by atoms with van der Waals surface area (Å²) >= 11 is 0. The third-order valence-corrected chi connectivity index (χ3v) is 3.44. The zero-order valence-electron chi connectivity index (χ0n) is 9.46. The van der Waals surface area contributed by atoms with Crippen molar-refractivity contribution in [2.45, 2.75) is 18.8 Å². The molecule has 0 aromatic rings. The smallest absolute Gasteiger partial charge is 0.334 e. The van der Waals surface area contributed by atoms with Crippen LogP contribution in [0.4, 0.5) is 8.78 Å². The molecule has 1 saturated carbocycles. The number of methoxy groups -OCH3 is 2. The second kappa shape index (κ2) is 3.78. The molecule has 0 aromatic carbocycles. The number of rotatable bonds is 2. The summed E-state index contributed by atoms with van der Waals surface area (Å²) in [6.07, 6.45) is -0.233. The third kappa shape index (κ3) is 1.71. The fraction of sp³-hybridized carbons (Fsp3) is 0.636. The second-order valence-electron chi connectivity index (χ2n) is 4.24. The van der Waals surface area contributed by atoms with Gasteiger partial charge in [-0.25, -0.2) is 18.4 Å². The van der Waals surface area contributed by atoms with Gasteiger partial charge in [-0.05, 0) is 12.8 Å². The van der Waals surface area contributed by atoms with Crippen molar-refractivity contribution in [3.8, 4) is 0 Å². The van der Waals surface area contributed by atoms with Gasteiger partial charge < -0.3 is 9.47 Å². The van der Waals surface area contributed by atoms with Crippen molar-refractivity contribution >= 4 is 11.9 Å². The van der Waals surface area contributed by atoms with E-state index in [0.29, 0.717) is 0 Å². The molecule has 94 valence electrons. The molecule has 0 amide bonds. The monoisotopic (exact) mass is 246 g/mol. The van der Waals surface area contributed by atoms with Crippen LogP contribution < -0.4 is 0 Å². The zero-order valence-corrected chi connectivity index (χ0v) is 9.46. The van der Waals surface area contributed by atoms with E-state index in [1.807, 2.05) is 0 Å². The maximum atomic E-state index is 13.3. The predicted molar refractivity (Wildman–Crippen MR) is 52.2 cm³/mol. The fourth-order valence-electron chi connectivity index (χ4n) is 2.36. The quantitative estimate of drug-likeness (QED) is 0.689. The lowest BCUT2D eigenvalue weighted by Crippen LogP contribution is -2.18. The highest BCUT2D eigenvalue weighted by Gasteiger charge is 2.69. The van der Waals surface area contributed by atoms with E-state index < -0.39 is 29.7 Å². The van der Waals surface area contributed by atoms with Gasteiger partial charge in [-0.3, -0.25) is 0 Å². The Balaban J connectivity index is 2.30. The molecule has 1 fully saturated rings. The Labute approximate surface area is 96.6 Å². The molecule has 0 aliphatic heterocycles. The van der Waals surface area contributed by atoms with Crippen molar-refractivity contribution < 1.29 is 27.8 Å². The second-order valence-corrected chi connectivity index (χ2v) is 4.24. The van der Waals surface area contributed by atoms with Crippen LogP contribution in [0.5, 0.6) is 0 Å². The standard InChI is InChI=1S/C11H12F2O4/c1-16-9(14)5-3-7-8(11(7,12)13)4-6(5)10(15)17-2/h7-8H,3-4H2,1-2H3. The molecule has 2 aliphatic carbocycles. The molecule has 2 rings (SSSR count). The van der Waals surface area contributed by atoms with E-state index in [-0.39, 0.29) is 24.0 Å². The lowest BCUT2D eigenvalue weighted by atomic mass is 9.92. The van der Waals surface area contributed by atoms with Gasteiger partial charge >= 0.3 is 11.9 Å². The molecule has 0 aromatic heterocycles. The van der Waals surface area contributed by atoms with Crippen LogP contribution in [-0.2, 0) is 19.1 Å². The number of hydrogen-bond acceptors (Lipinski definition) is 4. The number of carbonyl (C=O) groups excluding carboxylic acids is 2. The first-order chi connectivity index (χ1) is 7.93. The van der Waals surface area contributed by atoms with E-state index in [9.17, 15) is 18.4 Å². The summed E-state index contributed by atoms with van der Waals surface area (Å²) in [5, 5.41) is 0. The Morgan fingerprint density at radius 2 is 1.41 bits per heavy atom. The molecule has 17 heavy (non-hydrogen) atoms. The molecule has 0 bridgehead atoms. The summed E-state index contributed by atoms with van der Waals surface area (Å²) in [7, 11) is 2.31. The van der Waals surface area contributed by atoms with Gasteiger partial charge in [0.15, 0.2) is 0 Å². The molecule has 0 saturated heterocycles. The average molecular weight is 246 g/mol. The van der Waals surface area contributed by atoms with E-state index in [4.69, 9.17) is 0 Å². The average Bonchev–Trinajstić information content (AvgIpc) is 2.87. The minimum atomic E-state index is -2.78. The number of esters is 2. The van der Waals surface area contributed by atoms with E-state index >= 15 is 0 Å². The number of alkyl halides is 2. The number of halogens is 2. The highest BCUT2D eigenvalue weighted by molar-refractivity contribution is 6.01. The maximum absolute atomic E-state index is 13.3. The number of hydrogen-bond donors (Lipinski definition) is 0. The van der Waals surface area contributed by atoms with Gasteiger partial charge in [-0.1, -0.05) is 0 Å². The Morgan fingerprint density at radius 3 is 1.71 bits per heavy atom. The van der Waals surface area contributed by atoms with Crippen molar-refractivity contribution in [3.63, 3.8) is 0 Å². The van der Waals surface area contributed by atoms with Gasteiger partial charge in [0, 0.05) is 23.0 Å². The molecule has 0 N–H and O–H groups in total. The Kier molecular flexibility index (Phi) is 2.67. The molecule has 0 spiro atoms. The number of fused-ring (bicyclic) bond motifs is 1. The van der Waals surface area contributed by atoms with Crippen LogP contribution in [0.25, 0.3) is 0 Å². The molecule has 4 nitrogen and oxygen atoms in total. The van der Waals surface area contributed by atoms with Gasteiger partial charge in [0.05, 0.1) is 14.2 Å². The summed E-state index contributed by atoms with van der Waals surface area (Å²) in [6.45, 7) is 0. The van der Waals surface area contributed by atoms with Crippen molar-refractivity contribution in [2.75, 3.05) is 14.2 Å². The Hall–Kier alpha value is -1.46. The van der Waals surface area contributed by atoms with Crippen LogP contribution in [0.15, 0.2) is 11.1 Å². The lowest BCUT2D eigenvalue weighted by Gasteiger charge is -2.14. The van der Waals surface area contributed by atoms with Crippen LogP contribution >= 0.6 is 0 Å². The van der Waals surface area contributed by atoms with E-state index in [1.54, 1.807) is 0 Å². The first kappa shape index (κ1) is 12.0. The molecule has 2 unspecified atom stereocenters. The highest BCUT2D eigenvalue weighted by atomic mass is 19.3. The lowest BCUT2D eigenvalue weighted by molar-refractivity contribution is -0.139. The largest absolute Gasteiger partial charge is 0.466 e. The maximum Gasteiger partial charge on any atom is 0.334 e. The summed E-state index contributed by atoms with van der Waals surface area (Å²) in [5.41, 5.74) is 0.0514. The molecule has 2 aliphatic rings. The minimum Gasteiger partial charge on any atom is -0.466 e. The number of carbonyl (C=O) groups is 2. The molecule has 0 radical (unpaired) electrons. The van der Waals surface area contributed by atoms with Crippen LogP contribution in [0.2, 0.25) is 0 Å². The topological polar surface area (TPSA) is 52.6 Å². The summed E-state index contributed by atoms with van der Waals surface area (Å²) in [4.78, 5) is 22.9. The predicted octanol–water partition coefficient (Wildman–Crippen LogP) is 1.30. The first-order valence-corrected chi connectivity index (χ1v) is 5.20. The van der Waals surface area contributed by atoms with Crippen LogP contribution in [0.1, 0.15) is 12.8 Å². The summed E-state index contributed by atoms with van der Waals surface area (Å²) < 4.78 is 35.5. The molecular formula is C11H12F2O4. The molecule has 6 heteroatoms. The SMILES string of the molecule is COC(=O)C1=C(C(=O)OC)CC2C(C1)C2(F)F. The van der Waals surface area contributed by atoms with Gasteiger partial charge in [-0.15, -0.1) is 0 Å². The zero-order chi connectivity index (χ0) is 12.8. The number of ether oxygens (including phenoxy) is 2. The Morgan fingerprint density at radius 1 is 1.06 bits per heavy atom. The van der Waals surface area contributed by atoms with Crippen LogP contribution in [0.3, 0.4) is 0 Å². The van der Waals surface area contributed by atoms with Crippen molar-refractivity contribution in [1.82, 2.24) is 0 Å². The fourth-order valence-corrected chi connectivity index (χ4v) is 2.36. The first-order valence-electron chi connectivity index (χ1n) is 5.20. The van der Waals surface area contributed by atoms with Gasteiger partial charge in [0.2, 0.25) is 0 Å². The highest BCUT2D eigenvalue weighted by Crippen LogP contribution is 2.63. The third-order valence-electron chi connectivity index (χ3n) is 3.44. The van der Waals surface area contributed by atoms with E-state index in [0.717, 1.165) is 14.2 Å². The van der Waals surface area contributed by atoms with Crippen molar-refractivity contribution in [3.05, 3.63) is 11.1 Å². The van der Waals surface area contributed by atoms with E-state index in [1.165, 1.54) is 0 Å².